The summed E-state index contributed by atoms with van der Waals surface area (Å²) < 4.78 is 5.15. The van der Waals surface area contributed by atoms with Crippen LogP contribution in [0.1, 0.15) is 26.4 Å². The zero-order valence-electron chi connectivity index (χ0n) is 15.5. The predicted molar refractivity (Wildman–Crippen MR) is 111 cm³/mol. The first kappa shape index (κ1) is 20.8. The molecule has 1 aromatic heterocycles. The van der Waals surface area contributed by atoms with Crippen molar-refractivity contribution < 1.29 is 24.2 Å². The maximum absolute atomic E-state index is 12.5. The molecule has 3 N–H and O–H groups in total. The molecule has 9 heteroatoms. The lowest BCUT2D eigenvalue weighted by atomic mass is 10.2. The van der Waals surface area contributed by atoms with Crippen LogP contribution in [-0.2, 0) is 11.3 Å². The molecular weight excluding hydrogens is 410 g/mol. The highest BCUT2D eigenvalue weighted by atomic mass is 35.5. The van der Waals surface area contributed by atoms with E-state index in [-0.39, 0.29) is 34.3 Å². The Labute approximate surface area is 176 Å². The number of carboxylic acid groups (broad SMARTS) is 1. The second kappa shape index (κ2) is 9.53. The van der Waals surface area contributed by atoms with Gasteiger partial charge in [-0.15, -0.1) is 0 Å². The quantitative estimate of drug-likeness (QED) is 0.537. The molecule has 0 aliphatic carbocycles. The Hall–Kier alpha value is -3.91. The van der Waals surface area contributed by atoms with Crippen LogP contribution in [-0.4, -0.2) is 28.1 Å². The number of carbonyl (C=O) groups is 3. The van der Waals surface area contributed by atoms with Crippen molar-refractivity contribution in [3.8, 4) is 0 Å². The van der Waals surface area contributed by atoms with Gasteiger partial charge in [-0.05, 0) is 35.9 Å². The number of aromatic carboxylic acids is 1. The summed E-state index contributed by atoms with van der Waals surface area (Å²) in [6, 6.07) is 16.2. The number of hydrogen-bond donors (Lipinski definition) is 3. The monoisotopic (exact) mass is 425 g/mol. The fourth-order valence-electron chi connectivity index (χ4n) is 2.50. The van der Waals surface area contributed by atoms with Gasteiger partial charge in [0.15, 0.2) is 0 Å². The van der Waals surface area contributed by atoms with Crippen LogP contribution in [0.2, 0.25) is 5.02 Å². The number of hydrogen-bond acceptors (Lipinski definition) is 5. The summed E-state index contributed by atoms with van der Waals surface area (Å²) in [7, 11) is 0. The first-order valence-corrected chi connectivity index (χ1v) is 9.07. The number of halogens is 1. The number of aromatic nitrogens is 1. The maximum atomic E-state index is 12.5. The standard InChI is InChI=1S/C21H16ClN3O5/c22-15-8-14(19(26)24-16-6-7-23-18(11-16)20(27)28)9-17(10-15)25-21(29)30-12-13-4-2-1-3-5-13/h1-11H,12H2,(H,25,29)(H,27,28)(H,23,24,26). The lowest BCUT2D eigenvalue weighted by Gasteiger charge is -2.10. The number of pyridine rings is 1. The van der Waals surface area contributed by atoms with Gasteiger partial charge in [0.1, 0.15) is 12.3 Å². The predicted octanol–water partition coefficient (Wildman–Crippen LogP) is 4.43. The molecule has 3 rings (SSSR count). The summed E-state index contributed by atoms with van der Waals surface area (Å²) in [4.78, 5) is 39.2. The summed E-state index contributed by atoms with van der Waals surface area (Å²) in [5, 5.41) is 14.3. The van der Waals surface area contributed by atoms with E-state index in [2.05, 4.69) is 15.6 Å². The Bertz CT molecular complexity index is 1090. The molecule has 0 radical (unpaired) electrons. The van der Waals surface area contributed by atoms with Gasteiger partial charge < -0.3 is 15.2 Å². The SMILES string of the molecule is O=C(Nc1cc(Cl)cc(C(=O)Nc2ccnc(C(=O)O)c2)c1)OCc1ccccc1. The molecule has 3 aromatic rings. The van der Waals surface area contributed by atoms with Gasteiger partial charge in [-0.2, -0.15) is 0 Å². The molecule has 2 aromatic carbocycles. The number of carboxylic acids is 1. The van der Waals surface area contributed by atoms with Crippen LogP contribution in [0.25, 0.3) is 0 Å². The summed E-state index contributed by atoms with van der Waals surface area (Å²) >= 11 is 6.06. The molecule has 2 amide bonds. The Balaban J connectivity index is 1.66. The third-order valence-electron chi connectivity index (χ3n) is 3.86. The van der Waals surface area contributed by atoms with E-state index in [0.29, 0.717) is 0 Å². The largest absolute Gasteiger partial charge is 0.477 e. The summed E-state index contributed by atoms with van der Waals surface area (Å²) in [6.45, 7) is 0.0918. The van der Waals surface area contributed by atoms with Crippen molar-refractivity contribution >= 4 is 40.9 Å². The molecule has 0 saturated heterocycles. The number of carbonyl (C=O) groups excluding carboxylic acids is 2. The molecule has 0 saturated carbocycles. The summed E-state index contributed by atoms with van der Waals surface area (Å²) in [5.74, 6) is -1.75. The smallest absolute Gasteiger partial charge is 0.411 e. The Morgan fingerprint density at radius 1 is 0.967 bits per heavy atom. The zero-order chi connectivity index (χ0) is 21.5. The Kier molecular flexibility index (Phi) is 6.61. The minimum Gasteiger partial charge on any atom is -0.477 e. The van der Waals surface area contributed by atoms with Gasteiger partial charge in [0.05, 0.1) is 0 Å². The lowest BCUT2D eigenvalue weighted by molar-refractivity contribution is 0.0690. The molecule has 0 atom stereocenters. The summed E-state index contributed by atoms with van der Waals surface area (Å²) in [5.41, 5.74) is 1.31. The van der Waals surface area contributed by atoms with E-state index >= 15 is 0 Å². The Morgan fingerprint density at radius 2 is 1.73 bits per heavy atom. The minimum atomic E-state index is -1.21. The van der Waals surface area contributed by atoms with Crippen molar-refractivity contribution in [1.29, 1.82) is 0 Å². The van der Waals surface area contributed by atoms with Gasteiger partial charge in [-0.1, -0.05) is 41.9 Å². The van der Waals surface area contributed by atoms with Crippen LogP contribution in [0.4, 0.5) is 16.2 Å². The third-order valence-corrected chi connectivity index (χ3v) is 4.07. The molecule has 30 heavy (non-hydrogen) atoms. The van der Waals surface area contributed by atoms with Gasteiger partial charge in [-0.25, -0.2) is 14.6 Å². The van der Waals surface area contributed by atoms with Crippen LogP contribution in [0.5, 0.6) is 0 Å². The topological polar surface area (TPSA) is 118 Å². The lowest BCUT2D eigenvalue weighted by Crippen LogP contribution is -2.16. The molecule has 0 unspecified atom stereocenters. The van der Waals surface area contributed by atoms with E-state index in [1.54, 1.807) is 0 Å². The highest BCUT2D eigenvalue weighted by Gasteiger charge is 2.13. The van der Waals surface area contributed by atoms with E-state index in [0.717, 1.165) is 5.56 Å². The van der Waals surface area contributed by atoms with Crippen LogP contribution in [0, 0.1) is 0 Å². The molecule has 152 valence electrons. The second-order valence-corrected chi connectivity index (χ2v) is 6.54. The van der Waals surface area contributed by atoms with Crippen molar-refractivity contribution in [2.45, 2.75) is 6.61 Å². The van der Waals surface area contributed by atoms with Crippen molar-refractivity contribution in [2.24, 2.45) is 0 Å². The molecule has 0 aliphatic heterocycles. The van der Waals surface area contributed by atoms with Gasteiger partial charge in [0.25, 0.3) is 5.91 Å². The van der Waals surface area contributed by atoms with Crippen molar-refractivity contribution in [3.63, 3.8) is 0 Å². The van der Waals surface area contributed by atoms with Crippen LogP contribution >= 0.6 is 11.6 Å². The van der Waals surface area contributed by atoms with Crippen LogP contribution < -0.4 is 10.6 Å². The average molecular weight is 426 g/mol. The van der Waals surface area contributed by atoms with Crippen molar-refractivity contribution in [1.82, 2.24) is 4.98 Å². The van der Waals surface area contributed by atoms with Gasteiger partial charge in [-0.3, -0.25) is 10.1 Å². The Morgan fingerprint density at radius 3 is 2.47 bits per heavy atom. The third kappa shape index (κ3) is 5.79. The second-order valence-electron chi connectivity index (χ2n) is 6.10. The number of anilines is 2. The fourth-order valence-corrected chi connectivity index (χ4v) is 2.73. The number of amides is 2. The zero-order valence-corrected chi connectivity index (χ0v) is 16.2. The average Bonchev–Trinajstić information content (AvgIpc) is 2.72. The molecule has 0 bridgehead atoms. The molecular formula is C21H16ClN3O5. The number of benzene rings is 2. The normalized spacial score (nSPS) is 10.2. The van der Waals surface area contributed by atoms with E-state index in [4.69, 9.17) is 21.4 Å². The number of nitrogens with one attached hydrogen (secondary N) is 2. The molecule has 1 heterocycles. The summed E-state index contributed by atoms with van der Waals surface area (Å²) in [6.07, 6.45) is 0.569. The molecule has 8 nitrogen and oxygen atoms in total. The first-order valence-electron chi connectivity index (χ1n) is 8.70. The number of rotatable bonds is 6. The highest BCUT2D eigenvalue weighted by molar-refractivity contribution is 6.31. The van der Waals surface area contributed by atoms with Crippen LogP contribution in [0.3, 0.4) is 0 Å². The molecule has 0 spiro atoms. The number of nitrogens with zero attached hydrogens (tertiary/aromatic N) is 1. The molecule has 0 aliphatic rings. The van der Waals surface area contributed by atoms with E-state index in [9.17, 15) is 14.4 Å². The molecule has 0 fully saturated rings. The van der Waals surface area contributed by atoms with Gasteiger partial charge in [0, 0.05) is 28.2 Å². The first-order chi connectivity index (χ1) is 14.4. The van der Waals surface area contributed by atoms with E-state index < -0.39 is 18.0 Å². The minimum absolute atomic E-state index is 0.0918. The van der Waals surface area contributed by atoms with Crippen molar-refractivity contribution in [2.75, 3.05) is 10.6 Å². The van der Waals surface area contributed by atoms with Gasteiger partial charge >= 0.3 is 12.1 Å². The number of ether oxygens (including phenoxy) is 1. The van der Waals surface area contributed by atoms with Crippen molar-refractivity contribution in [3.05, 3.63) is 88.7 Å². The maximum Gasteiger partial charge on any atom is 0.411 e. The fraction of sp³-hybridized carbons (Fsp3) is 0.0476. The van der Waals surface area contributed by atoms with Crippen LogP contribution in [0.15, 0.2) is 66.9 Å². The van der Waals surface area contributed by atoms with E-state index in [1.807, 2.05) is 30.3 Å². The van der Waals surface area contributed by atoms with Gasteiger partial charge in [0.2, 0.25) is 0 Å². The highest BCUT2D eigenvalue weighted by Crippen LogP contribution is 2.21. The van der Waals surface area contributed by atoms with E-state index in [1.165, 1.54) is 36.5 Å².